The van der Waals surface area contributed by atoms with Crippen LogP contribution < -0.4 is 5.32 Å². The predicted molar refractivity (Wildman–Crippen MR) is 64.9 cm³/mol. The van der Waals surface area contributed by atoms with Crippen LogP contribution in [0, 0.1) is 0 Å². The molecule has 0 fully saturated rings. The first-order valence-corrected chi connectivity index (χ1v) is 5.99. The van der Waals surface area contributed by atoms with Gasteiger partial charge in [-0.3, -0.25) is 4.98 Å². The van der Waals surface area contributed by atoms with Gasteiger partial charge in [-0.25, -0.2) is 0 Å². The van der Waals surface area contributed by atoms with Gasteiger partial charge >= 0.3 is 0 Å². The van der Waals surface area contributed by atoms with Crippen molar-refractivity contribution in [3.05, 3.63) is 30.1 Å². The Balaban J connectivity index is 2.43. The maximum absolute atomic E-state index is 4.04. The molecule has 2 heteroatoms. The van der Waals surface area contributed by atoms with Crippen molar-refractivity contribution in [1.29, 1.82) is 0 Å². The summed E-state index contributed by atoms with van der Waals surface area (Å²) in [6.07, 6.45) is 8.57. The van der Waals surface area contributed by atoms with Crippen molar-refractivity contribution >= 4 is 0 Å². The summed E-state index contributed by atoms with van der Waals surface area (Å²) in [5.41, 5.74) is 1.38. The van der Waals surface area contributed by atoms with Crippen LogP contribution in [-0.4, -0.2) is 17.6 Å². The van der Waals surface area contributed by atoms with Gasteiger partial charge in [0.1, 0.15) is 0 Å². The molecule has 0 amide bonds. The minimum absolute atomic E-state index is 0.623. The first kappa shape index (κ1) is 12.2. The summed E-state index contributed by atoms with van der Waals surface area (Å²) in [4.78, 5) is 4.04. The Labute approximate surface area is 93.1 Å². The Bertz CT molecular complexity index is 246. The summed E-state index contributed by atoms with van der Waals surface area (Å²) >= 11 is 0. The highest BCUT2D eigenvalue weighted by atomic mass is 14.9. The molecule has 1 N–H and O–H groups in total. The molecule has 0 spiro atoms. The minimum Gasteiger partial charge on any atom is -0.314 e. The number of hydrogen-bond donors (Lipinski definition) is 1. The zero-order valence-electron chi connectivity index (χ0n) is 9.87. The molecule has 0 aromatic carbocycles. The molecule has 0 aliphatic heterocycles. The average molecular weight is 206 g/mol. The Kier molecular flexibility index (Phi) is 6.02. The van der Waals surface area contributed by atoms with Gasteiger partial charge in [0.05, 0.1) is 0 Å². The molecule has 84 valence electrons. The van der Waals surface area contributed by atoms with E-state index in [2.05, 4.69) is 36.3 Å². The fourth-order valence-electron chi connectivity index (χ4n) is 1.78. The summed E-state index contributed by atoms with van der Waals surface area (Å²) < 4.78 is 0. The van der Waals surface area contributed by atoms with Gasteiger partial charge in [-0.15, -0.1) is 0 Å². The predicted octanol–water partition coefficient (Wildman–Crippen LogP) is 2.79. The number of hydrogen-bond acceptors (Lipinski definition) is 2. The van der Waals surface area contributed by atoms with Crippen LogP contribution in [0.4, 0.5) is 0 Å². The maximum Gasteiger partial charge on any atom is 0.0270 e. The quantitative estimate of drug-likeness (QED) is 0.742. The lowest BCUT2D eigenvalue weighted by Gasteiger charge is -2.17. The van der Waals surface area contributed by atoms with Crippen molar-refractivity contribution < 1.29 is 0 Å². The van der Waals surface area contributed by atoms with Crippen LogP contribution in [-0.2, 0) is 6.42 Å². The molecule has 0 radical (unpaired) electrons. The van der Waals surface area contributed by atoms with E-state index in [1.54, 1.807) is 0 Å². The van der Waals surface area contributed by atoms with Crippen LogP contribution in [0.3, 0.4) is 0 Å². The van der Waals surface area contributed by atoms with Gasteiger partial charge in [0.15, 0.2) is 0 Å². The van der Waals surface area contributed by atoms with E-state index in [9.17, 15) is 0 Å². The van der Waals surface area contributed by atoms with Crippen LogP contribution in [0.5, 0.6) is 0 Å². The van der Waals surface area contributed by atoms with Crippen molar-refractivity contribution in [3.8, 4) is 0 Å². The molecular weight excluding hydrogens is 184 g/mol. The zero-order valence-corrected chi connectivity index (χ0v) is 9.87. The number of pyridine rings is 1. The van der Waals surface area contributed by atoms with E-state index in [0.29, 0.717) is 6.04 Å². The Morgan fingerprint density at radius 3 is 2.53 bits per heavy atom. The fraction of sp³-hybridized carbons (Fsp3) is 0.615. The van der Waals surface area contributed by atoms with E-state index in [0.717, 1.165) is 13.0 Å². The van der Waals surface area contributed by atoms with Gasteiger partial charge in [-0.2, -0.15) is 0 Å². The minimum atomic E-state index is 0.623. The molecule has 0 saturated heterocycles. The molecule has 1 unspecified atom stereocenters. The topological polar surface area (TPSA) is 24.9 Å². The number of nitrogens with one attached hydrogen (secondary N) is 1. The van der Waals surface area contributed by atoms with E-state index >= 15 is 0 Å². The summed E-state index contributed by atoms with van der Waals surface area (Å²) in [7, 11) is 0. The fourth-order valence-corrected chi connectivity index (χ4v) is 1.78. The van der Waals surface area contributed by atoms with E-state index in [1.165, 1.54) is 24.8 Å². The third-order valence-corrected chi connectivity index (χ3v) is 2.55. The number of rotatable bonds is 7. The van der Waals surface area contributed by atoms with Crippen LogP contribution in [0.15, 0.2) is 24.5 Å². The molecule has 1 atom stereocenters. The molecule has 2 nitrogen and oxygen atoms in total. The lowest BCUT2D eigenvalue weighted by Crippen LogP contribution is -2.31. The Morgan fingerprint density at radius 1 is 1.20 bits per heavy atom. The first-order valence-electron chi connectivity index (χ1n) is 5.99. The van der Waals surface area contributed by atoms with E-state index in [4.69, 9.17) is 0 Å². The normalized spacial score (nSPS) is 12.7. The highest BCUT2D eigenvalue weighted by Gasteiger charge is 2.06. The lowest BCUT2D eigenvalue weighted by atomic mass is 10.0. The number of aromatic nitrogens is 1. The average Bonchev–Trinajstić information content (AvgIpc) is 2.28. The monoisotopic (exact) mass is 206 g/mol. The van der Waals surface area contributed by atoms with Crippen LogP contribution >= 0.6 is 0 Å². The maximum atomic E-state index is 4.04. The Morgan fingerprint density at radius 2 is 1.93 bits per heavy atom. The van der Waals surface area contributed by atoms with Crippen molar-refractivity contribution in [1.82, 2.24) is 10.3 Å². The zero-order chi connectivity index (χ0) is 10.9. The van der Waals surface area contributed by atoms with Crippen molar-refractivity contribution in [2.45, 2.75) is 45.6 Å². The Hall–Kier alpha value is -0.890. The number of nitrogens with zero attached hydrogens (tertiary/aromatic N) is 1. The third kappa shape index (κ3) is 4.93. The van der Waals surface area contributed by atoms with Gasteiger partial charge in [0.25, 0.3) is 0 Å². The van der Waals surface area contributed by atoms with Gasteiger partial charge in [-0.05, 0) is 43.5 Å². The van der Waals surface area contributed by atoms with Gasteiger partial charge in [0.2, 0.25) is 0 Å². The second-order valence-electron chi connectivity index (χ2n) is 4.00. The van der Waals surface area contributed by atoms with Gasteiger partial charge in [-0.1, -0.05) is 20.3 Å². The molecule has 15 heavy (non-hydrogen) atoms. The summed E-state index contributed by atoms with van der Waals surface area (Å²) in [6, 6.07) is 4.84. The molecule has 1 aromatic rings. The van der Waals surface area contributed by atoms with Gasteiger partial charge in [0, 0.05) is 18.4 Å². The summed E-state index contributed by atoms with van der Waals surface area (Å²) in [5, 5.41) is 3.60. The summed E-state index contributed by atoms with van der Waals surface area (Å²) in [6.45, 7) is 5.57. The molecule has 0 bridgehead atoms. The SMILES string of the molecule is CCCNC(CCC)Cc1ccncc1. The van der Waals surface area contributed by atoms with Crippen molar-refractivity contribution in [2.75, 3.05) is 6.54 Å². The van der Waals surface area contributed by atoms with E-state index in [1.807, 2.05) is 12.4 Å². The highest BCUT2D eigenvalue weighted by molar-refractivity contribution is 5.11. The van der Waals surface area contributed by atoms with Crippen LogP contribution in [0.25, 0.3) is 0 Å². The van der Waals surface area contributed by atoms with E-state index < -0.39 is 0 Å². The van der Waals surface area contributed by atoms with Crippen molar-refractivity contribution in [2.24, 2.45) is 0 Å². The van der Waals surface area contributed by atoms with Crippen molar-refractivity contribution in [3.63, 3.8) is 0 Å². The molecule has 1 aromatic heterocycles. The smallest absolute Gasteiger partial charge is 0.0270 e. The first-order chi connectivity index (χ1) is 7.36. The molecule has 0 saturated carbocycles. The molecule has 1 rings (SSSR count). The van der Waals surface area contributed by atoms with Gasteiger partial charge < -0.3 is 5.32 Å². The van der Waals surface area contributed by atoms with Crippen LogP contribution in [0.1, 0.15) is 38.7 Å². The third-order valence-electron chi connectivity index (χ3n) is 2.55. The standard InChI is InChI=1S/C13H22N2/c1-3-5-13(15-8-4-2)11-12-6-9-14-10-7-12/h6-7,9-10,13,15H,3-5,8,11H2,1-2H3. The summed E-state index contributed by atoms with van der Waals surface area (Å²) in [5.74, 6) is 0. The molecule has 1 heterocycles. The molecule has 0 aliphatic rings. The lowest BCUT2D eigenvalue weighted by molar-refractivity contribution is 0.473. The second kappa shape index (κ2) is 7.41. The van der Waals surface area contributed by atoms with E-state index in [-0.39, 0.29) is 0 Å². The highest BCUT2D eigenvalue weighted by Crippen LogP contribution is 2.06. The van der Waals surface area contributed by atoms with Crippen LogP contribution in [0.2, 0.25) is 0 Å². The molecular formula is C13H22N2. The molecule has 0 aliphatic carbocycles. The largest absolute Gasteiger partial charge is 0.314 e. The second-order valence-corrected chi connectivity index (χ2v) is 4.00.